The Morgan fingerprint density at radius 1 is 1.20 bits per heavy atom. The van der Waals surface area contributed by atoms with Crippen LogP contribution in [0.2, 0.25) is 0 Å². The van der Waals surface area contributed by atoms with Gasteiger partial charge in [0.2, 0.25) is 0 Å². The fraction of sp³-hybridized carbons (Fsp3) is 0.938. The second-order valence-electron chi connectivity index (χ2n) is 6.24. The smallest absolute Gasteiger partial charge is 0.323 e. The number of ether oxygens (including phenoxy) is 1. The van der Waals surface area contributed by atoms with Crippen LogP contribution in [0.4, 0.5) is 0 Å². The molecule has 20 heavy (non-hydrogen) atoms. The highest BCUT2D eigenvalue weighted by atomic mass is 16.5. The third-order valence-corrected chi connectivity index (χ3v) is 3.43. The zero-order chi connectivity index (χ0) is 15.6. The molecule has 2 N–H and O–H groups in total. The zero-order valence-electron chi connectivity index (χ0n) is 13.9. The highest BCUT2D eigenvalue weighted by Crippen LogP contribution is 2.16. The molecule has 0 aliphatic heterocycles. The SMILES string of the molecule is CCCCCCCOC(C)CC(C)(NC(C)C)C(=O)O. The van der Waals surface area contributed by atoms with Crippen LogP contribution in [0.25, 0.3) is 0 Å². The molecule has 0 aliphatic carbocycles. The summed E-state index contributed by atoms with van der Waals surface area (Å²) < 4.78 is 5.75. The molecule has 0 spiro atoms. The molecule has 0 fully saturated rings. The number of carboxylic acid groups (broad SMARTS) is 1. The van der Waals surface area contributed by atoms with Gasteiger partial charge < -0.3 is 9.84 Å². The monoisotopic (exact) mass is 287 g/mol. The maximum Gasteiger partial charge on any atom is 0.323 e. The summed E-state index contributed by atoms with van der Waals surface area (Å²) in [7, 11) is 0. The Morgan fingerprint density at radius 2 is 1.80 bits per heavy atom. The van der Waals surface area contributed by atoms with E-state index >= 15 is 0 Å². The van der Waals surface area contributed by atoms with Crippen molar-refractivity contribution in [2.45, 2.75) is 90.8 Å². The highest BCUT2D eigenvalue weighted by Gasteiger charge is 2.35. The van der Waals surface area contributed by atoms with E-state index < -0.39 is 11.5 Å². The molecular weight excluding hydrogens is 254 g/mol. The van der Waals surface area contributed by atoms with Crippen molar-refractivity contribution in [3.63, 3.8) is 0 Å². The minimum Gasteiger partial charge on any atom is -0.480 e. The van der Waals surface area contributed by atoms with Gasteiger partial charge in [-0.3, -0.25) is 10.1 Å². The summed E-state index contributed by atoms with van der Waals surface area (Å²) in [5.74, 6) is -0.815. The molecule has 2 unspecified atom stereocenters. The molecular formula is C16H33NO3. The molecule has 0 aromatic rings. The number of aliphatic carboxylic acids is 1. The first kappa shape index (κ1) is 19.4. The molecule has 0 rings (SSSR count). The van der Waals surface area contributed by atoms with Crippen LogP contribution in [0.1, 0.15) is 73.1 Å². The lowest BCUT2D eigenvalue weighted by Gasteiger charge is -2.31. The van der Waals surface area contributed by atoms with Gasteiger partial charge in [0.05, 0.1) is 6.10 Å². The van der Waals surface area contributed by atoms with Crippen LogP contribution in [0, 0.1) is 0 Å². The van der Waals surface area contributed by atoms with Gasteiger partial charge in [-0.25, -0.2) is 0 Å². The standard InChI is InChI=1S/C16H33NO3/c1-6-7-8-9-10-11-20-14(4)12-16(5,15(18)19)17-13(2)3/h13-14,17H,6-12H2,1-5H3,(H,18,19). The van der Waals surface area contributed by atoms with E-state index in [0.717, 1.165) is 13.0 Å². The first-order valence-corrected chi connectivity index (χ1v) is 7.94. The van der Waals surface area contributed by atoms with Crippen LogP contribution in [0.3, 0.4) is 0 Å². The van der Waals surface area contributed by atoms with Crippen molar-refractivity contribution in [3.05, 3.63) is 0 Å². The Morgan fingerprint density at radius 3 is 2.30 bits per heavy atom. The van der Waals surface area contributed by atoms with Gasteiger partial charge in [0.25, 0.3) is 0 Å². The summed E-state index contributed by atoms with van der Waals surface area (Å²) in [6, 6.07) is 0.136. The van der Waals surface area contributed by atoms with E-state index in [1.54, 1.807) is 6.92 Å². The van der Waals surface area contributed by atoms with Gasteiger partial charge in [0.15, 0.2) is 0 Å². The van der Waals surface area contributed by atoms with E-state index in [0.29, 0.717) is 6.42 Å². The average Bonchev–Trinajstić information content (AvgIpc) is 2.32. The Labute approximate surface area is 124 Å². The summed E-state index contributed by atoms with van der Waals surface area (Å²) in [5.41, 5.74) is -0.921. The molecule has 0 aliphatic rings. The van der Waals surface area contributed by atoms with Crippen LogP contribution in [-0.4, -0.2) is 35.4 Å². The Kier molecular flexibility index (Phi) is 9.86. The Balaban J connectivity index is 4.02. The Bertz CT molecular complexity index is 268. The van der Waals surface area contributed by atoms with Crippen molar-refractivity contribution < 1.29 is 14.6 Å². The molecule has 0 amide bonds. The van der Waals surface area contributed by atoms with E-state index in [9.17, 15) is 9.90 Å². The number of carboxylic acids is 1. The van der Waals surface area contributed by atoms with Crippen LogP contribution < -0.4 is 5.32 Å². The Hall–Kier alpha value is -0.610. The van der Waals surface area contributed by atoms with Gasteiger partial charge in [0.1, 0.15) is 5.54 Å². The lowest BCUT2D eigenvalue weighted by atomic mass is 9.94. The summed E-state index contributed by atoms with van der Waals surface area (Å²) in [4.78, 5) is 11.4. The zero-order valence-corrected chi connectivity index (χ0v) is 13.9. The number of unbranched alkanes of at least 4 members (excludes halogenated alkanes) is 4. The number of carbonyl (C=O) groups is 1. The van der Waals surface area contributed by atoms with Crippen molar-refractivity contribution >= 4 is 5.97 Å². The molecule has 120 valence electrons. The van der Waals surface area contributed by atoms with Crippen molar-refractivity contribution in [2.75, 3.05) is 6.61 Å². The third kappa shape index (κ3) is 8.54. The minimum atomic E-state index is -0.921. The first-order chi connectivity index (χ1) is 9.31. The highest BCUT2D eigenvalue weighted by molar-refractivity contribution is 5.78. The topological polar surface area (TPSA) is 58.6 Å². The normalized spacial score (nSPS) is 16.1. The van der Waals surface area contributed by atoms with E-state index in [-0.39, 0.29) is 12.1 Å². The number of hydrogen-bond donors (Lipinski definition) is 2. The van der Waals surface area contributed by atoms with Gasteiger partial charge in [0, 0.05) is 19.1 Å². The van der Waals surface area contributed by atoms with Crippen molar-refractivity contribution in [1.82, 2.24) is 5.32 Å². The quantitative estimate of drug-likeness (QED) is 0.539. The number of nitrogens with one attached hydrogen (secondary N) is 1. The maximum atomic E-state index is 11.4. The molecule has 0 saturated heterocycles. The minimum absolute atomic E-state index is 0.0477. The van der Waals surface area contributed by atoms with E-state index in [1.807, 2.05) is 20.8 Å². The summed E-state index contributed by atoms with van der Waals surface area (Å²) in [6.07, 6.45) is 6.48. The summed E-state index contributed by atoms with van der Waals surface area (Å²) in [6.45, 7) is 10.5. The van der Waals surface area contributed by atoms with Crippen LogP contribution in [0.5, 0.6) is 0 Å². The predicted molar refractivity (Wildman–Crippen MR) is 83.1 cm³/mol. The second-order valence-corrected chi connectivity index (χ2v) is 6.24. The van der Waals surface area contributed by atoms with Gasteiger partial charge in [-0.1, -0.05) is 32.6 Å². The van der Waals surface area contributed by atoms with E-state index in [2.05, 4.69) is 12.2 Å². The van der Waals surface area contributed by atoms with Gasteiger partial charge in [-0.05, 0) is 34.1 Å². The molecule has 4 heteroatoms. The summed E-state index contributed by atoms with van der Waals surface area (Å²) in [5, 5.41) is 12.5. The largest absolute Gasteiger partial charge is 0.480 e. The van der Waals surface area contributed by atoms with Crippen LogP contribution >= 0.6 is 0 Å². The lowest BCUT2D eigenvalue weighted by Crippen LogP contribution is -2.54. The lowest BCUT2D eigenvalue weighted by molar-refractivity contribution is -0.146. The fourth-order valence-corrected chi connectivity index (χ4v) is 2.47. The molecule has 0 bridgehead atoms. The number of hydrogen-bond acceptors (Lipinski definition) is 3. The molecule has 2 atom stereocenters. The third-order valence-electron chi connectivity index (χ3n) is 3.43. The molecule has 0 aromatic heterocycles. The van der Waals surface area contributed by atoms with Crippen LogP contribution in [0.15, 0.2) is 0 Å². The second kappa shape index (κ2) is 10.2. The van der Waals surface area contributed by atoms with Crippen molar-refractivity contribution in [1.29, 1.82) is 0 Å². The molecule has 4 nitrogen and oxygen atoms in total. The van der Waals surface area contributed by atoms with Gasteiger partial charge in [-0.2, -0.15) is 0 Å². The average molecular weight is 287 g/mol. The van der Waals surface area contributed by atoms with Crippen LogP contribution in [-0.2, 0) is 9.53 Å². The first-order valence-electron chi connectivity index (χ1n) is 7.94. The molecule has 0 saturated carbocycles. The van der Waals surface area contributed by atoms with E-state index in [1.165, 1.54) is 25.7 Å². The molecule has 0 radical (unpaired) electrons. The summed E-state index contributed by atoms with van der Waals surface area (Å²) >= 11 is 0. The maximum absolute atomic E-state index is 11.4. The fourth-order valence-electron chi connectivity index (χ4n) is 2.47. The predicted octanol–water partition coefficient (Wildman–Crippen LogP) is 3.59. The molecule has 0 aromatic carbocycles. The van der Waals surface area contributed by atoms with Crippen molar-refractivity contribution in [2.24, 2.45) is 0 Å². The number of rotatable bonds is 12. The van der Waals surface area contributed by atoms with E-state index in [4.69, 9.17) is 4.74 Å². The van der Waals surface area contributed by atoms with Gasteiger partial charge >= 0.3 is 5.97 Å². The molecule has 0 heterocycles. The van der Waals surface area contributed by atoms with Crippen molar-refractivity contribution in [3.8, 4) is 0 Å². The van der Waals surface area contributed by atoms with Gasteiger partial charge in [-0.15, -0.1) is 0 Å².